The zero-order chi connectivity index (χ0) is 23.8. The highest BCUT2D eigenvalue weighted by atomic mass is 35.5. The maximum Gasteiger partial charge on any atom is 0.263 e. The van der Waals surface area contributed by atoms with Crippen LogP contribution in [-0.2, 0) is 19.6 Å². The number of carbonyl (C=O) groups excluding carboxylic acids is 2. The number of hydrogen-bond donors (Lipinski definition) is 1. The van der Waals surface area contributed by atoms with Crippen LogP contribution in [0.1, 0.15) is 12.5 Å². The van der Waals surface area contributed by atoms with Crippen molar-refractivity contribution in [3.63, 3.8) is 0 Å². The lowest BCUT2D eigenvalue weighted by Gasteiger charge is -2.35. The van der Waals surface area contributed by atoms with Gasteiger partial charge in [0, 0.05) is 32.2 Å². The Morgan fingerprint density at radius 1 is 1.15 bits per heavy atom. The van der Waals surface area contributed by atoms with Crippen LogP contribution in [-0.4, -0.2) is 68.3 Å². The molecule has 0 saturated carbocycles. The SMILES string of the molecule is Cc1ccc(OC(C)C(=O)N2CCN(S(=O)(=O)c3cc4c(cc3Cl)NC(=O)CO4)CC2)cc1. The van der Waals surface area contributed by atoms with Crippen LogP contribution in [0.4, 0.5) is 5.69 Å². The molecule has 1 fully saturated rings. The third-order valence-corrected chi connectivity index (χ3v) is 7.88. The fourth-order valence-corrected chi connectivity index (χ4v) is 5.64. The normalized spacial score (nSPS) is 17.5. The van der Waals surface area contributed by atoms with Crippen molar-refractivity contribution < 1.29 is 27.5 Å². The van der Waals surface area contributed by atoms with Crippen molar-refractivity contribution in [1.82, 2.24) is 9.21 Å². The van der Waals surface area contributed by atoms with E-state index in [4.69, 9.17) is 21.1 Å². The Hall–Kier alpha value is -2.82. The first-order valence-electron chi connectivity index (χ1n) is 10.4. The van der Waals surface area contributed by atoms with Crippen molar-refractivity contribution in [2.75, 3.05) is 38.1 Å². The third-order valence-electron chi connectivity index (χ3n) is 5.52. The van der Waals surface area contributed by atoms with Crippen LogP contribution in [0.5, 0.6) is 11.5 Å². The highest BCUT2D eigenvalue weighted by molar-refractivity contribution is 7.89. The van der Waals surface area contributed by atoms with Gasteiger partial charge < -0.3 is 19.7 Å². The lowest BCUT2D eigenvalue weighted by atomic mass is 10.2. The molecule has 9 nitrogen and oxygen atoms in total. The molecule has 0 aliphatic carbocycles. The quantitative estimate of drug-likeness (QED) is 0.685. The minimum absolute atomic E-state index is 0.0156. The summed E-state index contributed by atoms with van der Waals surface area (Å²) < 4.78 is 38.8. The first-order chi connectivity index (χ1) is 15.6. The number of rotatable bonds is 5. The summed E-state index contributed by atoms with van der Waals surface area (Å²) >= 11 is 6.23. The smallest absolute Gasteiger partial charge is 0.263 e. The Balaban J connectivity index is 1.41. The van der Waals surface area contributed by atoms with Crippen molar-refractivity contribution in [2.45, 2.75) is 24.8 Å². The van der Waals surface area contributed by atoms with Gasteiger partial charge in [-0.15, -0.1) is 0 Å². The summed E-state index contributed by atoms with van der Waals surface area (Å²) in [6, 6.07) is 10.1. The maximum absolute atomic E-state index is 13.2. The number of halogens is 1. The molecule has 176 valence electrons. The summed E-state index contributed by atoms with van der Waals surface area (Å²) in [6.07, 6.45) is -0.696. The molecule has 0 bridgehead atoms. The van der Waals surface area contributed by atoms with Gasteiger partial charge in [-0.2, -0.15) is 4.31 Å². The molecule has 2 heterocycles. The second-order valence-electron chi connectivity index (χ2n) is 7.92. The second-order valence-corrected chi connectivity index (χ2v) is 10.2. The predicted octanol–water partition coefficient (Wildman–Crippen LogP) is 2.28. The monoisotopic (exact) mass is 493 g/mol. The number of amides is 2. The molecule has 2 aliphatic rings. The first-order valence-corrected chi connectivity index (χ1v) is 12.3. The zero-order valence-electron chi connectivity index (χ0n) is 18.2. The van der Waals surface area contributed by atoms with E-state index in [2.05, 4.69) is 5.32 Å². The van der Waals surface area contributed by atoms with Gasteiger partial charge in [0.1, 0.15) is 16.4 Å². The van der Waals surface area contributed by atoms with E-state index in [1.54, 1.807) is 24.0 Å². The Kier molecular flexibility index (Phi) is 6.51. The van der Waals surface area contributed by atoms with Gasteiger partial charge in [-0.25, -0.2) is 8.42 Å². The number of sulfonamides is 1. The van der Waals surface area contributed by atoms with E-state index in [0.717, 1.165) is 5.56 Å². The summed E-state index contributed by atoms with van der Waals surface area (Å²) in [7, 11) is -3.92. The molecule has 4 rings (SSSR count). The molecular formula is C22H24ClN3O6S. The number of carbonyl (C=O) groups is 2. The van der Waals surface area contributed by atoms with E-state index in [1.807, 2.05) is 19.1 Å². The Bertz CT molecular complexity index is 1180. The minimum Gasteiger partial charge on any atom is -0.482 e. The van der Waals surface area contributed by atoms with Crippen molar-refractivity contribution in [1.29, 1.82) is 0 Å². The molecule has 2 aromatic rings. The number of ether oxygens (including phenoxy) is 2. The van der Waals surface area contributed by atoms with Crippen LogP contribution >= 0.6 is 11.6 Å². The van der Waals surface area contributed by atoms with Gasteiger partial charge in [0.2, 0.25) is 10.0 Å². The fraction of sp³-hybridized carbons (Fsp3) is 0.364. The molecule has 2 amide bonds. The molecule has 2 aromatic carbocycles. The minimum atomic E-state index is -3.92. The average molecular weight is 494 g/mol. The van der Waals surface area contributed by atoms with Crippen molar-refractivity contribution in [2.24, 2.45) is 0 Å². The number of benzene rings is 2. The molecule has 0 spiro atoms. The van der Waals surface area contributed by atoms with E-state index in [0.29, 0.717) is 11.4 Å². The summed E-state index contributed by atoms with van der Waals surface area (Å²) in [4.78, 5) is 25.8. The number of nitrogens with one attached hydrogen (secondary N) is 1. The van der Waals surface area contributed by atoms with Gasteiger partial charge in [-0.3, -0.25) is 9.59 Å². The summed E-state index contributed by atoms with van der Waals surface area (Å²) in [5, 5.41) is 2.58. The van der Waals surface area contributed by atoms with Gasteiger partial charge in [0.15, 0.2) is 12.7 Å². The molecule has 2 aliphatic heterocycles. The Morgan fingerprint density at radius 3 is 2.48 bits per heavy atom. The van der Waals surface area contributed by atoms with Crippen LogP contribution < -0.4 is 14.8 Å². The molecule has 0 aromatic heterocycles. The number of fused-ring (bicyclic) bond motifs is 1. The summed E-state index contributed by atoms with van der Waals surface area (Å²) in [5.41, 5.74) is 1.42. The number of nitrogens with zero attached hydrogens (tertiary/aromatic N) is 2. The number of anilines is 1. The number of piperazine rings is 1. The van der Waals surface area contributed by atoms with Crippen LogP contribution in [0.15, 0.2) is 41.3 Å². The Morgan fingerprint density at radius 2 is 1.82 bits per heavy atom. The molecule has 1 N–H and O–H groups in total. The number of aryl methyl sites for hydroxylation is 1. The maximum atomic E-state index is 13.2. The van der Waals surface area contributed by atoms with Gasteiger partial charge in [0.25, 0.3) is 11.8 Å². The van der Waals surface area contributed by atoms with Gasteiger partial charge in [0.05, 0.1) is 10.7 Å². The molecule has 1 saturated heterocycles. The highest BCUT2D eigenvalue weighted by Gasteiger charge is 2.34. The molecular weight excluding hydrogens is 470 g/mol. The summed E-state index contributed by atoms with van der Waals surface area (Å²) in [6.45, 7) is 4.15. The molecule has 1 atom stereocenters. The van der Waals surface area contributed by atoms with Crippen molar-refractivity contribution >= 4 is 39.1 Å². The lowest BCUT2D eigenvalue weighted by molar-refractivity contribution is -0.139. The van der Waals surface area contributed by atoms with Crippen LogP contribution in [0.2, 0.25) is 5.02 Å². The van der Waals surface area contributed by atoms with Crippen LogP contribution in [0, 0.1) is 6.92 Å². The third kappa shape index (κ3) is 4.92. The average Bonchev–Trinajstić information content (AvgIpc) is 2.79. The van der Waals surface area contributed by atoms with E-state index in [-0.39, 0.29) is 60.3 Å². The molecule has 0 radical (unpaired) electrons. The fourth-order valence-electron chi connectivity index (χ4n) is 3.70. The second kappa shape index (κ2) is 9.20. The van der Waals surface area contributed by atoms with Crippen molar-refractivity contribution in [3.05, 3.63) is 47.0 Å². The standard InChI is InChI=1S/C22H24ClN3O6S/c1-14-3-5-16(6-4-14)32-15(2)22(28)25-7-9-26(10-8-25)33(29,30)20-12-19-18(11-17(20)23)24-21(27)13-31-19/h3-6,11-12,15H,7-10,13H2,1-2H3,(H,24,27). The molecule has 11 heteroatoms. The van der Waals surface area contributed by atoms with E-state index < -0.39 is 16.1 Å². The van der Waals surface area contributed by atoms with E-state index >= 15 is 0 Å². The van der Waals surface area contributed by atoms with E-state index in [1.165, 1.54) is 16.4 Å². The highest BCUT2D eigenvalue weighted by Crippen LogP contribution is 2.37. The first kappa shape index (κ1) is 23.3. The van der Waals surface area contributed by atoms with E-state index in [9.17, 15) is 18.0 Å². The van der Waals surface area contributed by atoms with Gasteiger partial charge in [-0.1, -0.05) is 29.3 Å². The predicted molar refractivity (Wildman–Crippen MR) is 122 cm³/mol. The van der Waals surface area contributed by atoms with Gasteiger partial charge >= 0.3 is 0 Å². The number of hydrogen-bond acceptors (Lipinski definition) is 6. The van der Waals surface area contributed by atoms with Crippen LogP contribution in [0.25, 0.3) is 0 Å². The van der Waals surface area contributed by atoms with Crippen molar-refractivity contribution in [3.8, 4) is 11.5 Å². The summed E-state index contributed by atoms with van der Waals surface area (Å²) in [5.74, 6) is 0.302. The molecule has 33 heavy (non-hydrogen) atoms. The van der Waals surface area contributed by atoms with Crippen LogP contribution in [0.3, 0.4) is 0 Å². The topological polar surface area (TPSA) is 105 Å². The largest absolute Gasteiger partial charge is 0.482 e. The van der Waals surface area contributed by atoms with Gasteiger partial charge in [-0.05, 0) is 32.0 Å². The lowest BCUT2D eigenvalue weighted by Crippen LogP contribution is -2.53. The Labute approximate surface area is 197 Å². The molecule has 1 unspecified atom stereocenters. The zero-order valence-corrected chi connectivity index (χ0v) is 19.8.